The summed E-state index contributed by atoms with van der Waals surface area (Å²) in [4.78, 5) is 6.90. The fourth-order valence-electron chi connectivity index (χ4n) is 3.51. The number of rotatable bonds is 7. The van der Waals surface area contributed by atoms with Crippen molar-refractivity contribution in [1.82, 2.24) is 24.6 Å². The van der Waals surface area contributed by atoms with Crippen LogP contribution in [0.5, 0.6) is 5.75 Å². The molecule has 4 rings (SSSR count). The quantitative estimate of drug-likeness (QED) is 0.614. The average molecular weight is 396 g/mol. The Morgan fingerprint density at radius 2 is 1.75 bits per heavy atom. The zero-order valence-electron chi connectivity index (χ0n) is 15.9. The maximum atomic E-state index is 10.3. The molecule has 3 heterocycles. The molecular formula is C21H25N5OS. The summed E-state index contributed by atoms with van der Waals surface area (Å²) >= 11 is 1.63. The van der Waals surface area contributed by atoms with E-state index in [1.807, 2.05) is 42.6 Å². The van der Waals surface area contributed by atoms with Crippen LogP contribution in [0.3, 0.4) is 0 Å². The van der Waals surface area contributed by atoms with Crippen LogP contribution in [0.4, 0.5) is 0 Å². The van der Waals surface area contributed by atoms with E-state index in [-0.39, 0.29) is 5.75 Å². The normalized spacial score (nSPS) is 15.0. The van der Waals surface area contributed by atoms with E-state index in [1.165, 1.54) is 19.3 Å². The van der Waals surface area contributed by atoms with Crippen molar-refractivity contribution in [2.24, 2.45) is 0 Å². The number of para-hydroxylation sites is 1. The molecule has 6 nitrogen and oxygen atoms in total. The summed E-state index contributed by atoms with van der Waals surface area (Å²) in [6.45, 7) is 4.09. The van der Waals surface area contributed by atoms with Gasteiger partial charge in [0.25, 0.3) is 0 Å². The molecule has 0 bridgehead atoms. The number of hydrogen-bond donors (Lipinski definition) is 1. The van der Waals surface area contributed by atoms with E-state index < -0.39 is 0 Å². The Balaban J connectivity index is 1.57. The third kappa shape index (κ3) is 4.54. The molecule has 0 spiro atoms. The van der Waals surface area contributed by atoms with Crippen molar-refractivity contribution < 1.29 is 5.11 Å². The van der Waals surface area contributed by atoms with Crippen LogP contribution in [-0.2, 0) is 12.3 Å². The lowest BCUT2D eigenvalue weighted by atomic mass is 10.1. The first-order valence-electron chi connectivity index (χ1n) is 9.78. The molecule has 2 aromatic heterocycles. The number of benzene rings is 1. The summed E-state index contributed by atoms with van der Waals surface area (Å²) < 4.78 is 2.14. The molecular weight excluding hydrogens is 370 g/mol. The molecule has 0 atom stereocenters. The highest BCUT2D eigenvalue weighted by molar-refractivity contribution is 7.98. The minimum absolute atomic E-state index is 0.232. The summed E-state index contributed by atoms with van der Waals surface area (Å²) in [5.41, 5.74) is 1.74. The van der Waals surface area contributed by atoms with E-state index in [4.69, 9.17) is 0 Å². The SMILES string of the molecule is Oc1ccccc1-c1nnc(SCc2ccccn2)n1CCN1CCCCC1. The Kier molecular flexibility index (Phi) is 6.24. The van der Waals surface area contributed by atoms with Crippen LogP contribution in [0.1, 0.15) is 25.0 Å². The van der Waals surface area contributed by atoms with Gasteiger partial charge in [-0.05, 0) is 50.2 Å². The number of aromatic hydroxyl groups is 1. The van der Waals surface area contributed by atoms with E-state index in [0.717, 1.165) is 54.2 Å². The zero-order chi connectivity index (χ0) is 19.2. The minimum Gasteiger partial charge on any atom is -0.507 e. The number of phenols is 1. The lowest BCUT2D eigenvalue weighted by Gasteiger charge is -2.26. The van der Waals surface area contributed by atoms with Crippen LogP contribution in [0.2, 0.25) is 0 Å². The fourth-order valence-corrected chi connectivity index (χ4v) is 4.39. The van der Waals surface area contributed by atoms with Crippen molar-refractivity contribution >= 4 is 11.8 Å². The second kappa shape index (κ2) is 9.21. The van der Waals surface area contributed by atoms with Crippen LogP contribution in [0, 0.1) is 0 Å². The van der Waals surface area contributed by atoms with Crippen LogP contribution in [-0.4, -0.2) is 49.4 Å². The number of piperidine rings is 1. The molecule has 0 aliphatic carbocycles. The molecule has 28 heavy (non-hydrogen) atoms. The van der Waals surface area contributed by atoms with E-state index >= 15 is 0 Å². The van der Waals surface area contributed by atoms with Gasteiger partial charge in [0, 0.05) is 25.0 Å². The lowest BCUT2D eigenvalue weighted by molar-refractivity contribution is 0.219. The molecule has 1 N–H and O–H groups in total. The number of nitrogens with zero attached hydrogens (tertiary/aromatic N) is 5. The number of hydrogen-bond acceptors (Lipinski definition) is 6. The lowest BCUT2D eigenvalue weighted by Crippen LogP contribution is -2.32. The first-order chi connectivity index (χ1) is 13.8. The van der Waals surface area contributed by atoms with Crippen LogP contribution in [0.15, 0.2) is 53.8 Å². The van der Waals surface area contributed by atoms with Gasteiger partial charge < -0.3 is 14.6 Å². The molecule has 1 aromatic carbocycles. The summed E-state index contributed by atoms with van der Waals surface area (Å²) in [5.74, 6) is 1.69. The third-order valence-electron chi connectivity index (χ3n) is 5.03. The maximum absolute atomic E-state index is 10.3. The minimum atomic E-state index is 0.232. The molecule has 146 valence electrons. The standard InChI is InChI=1S/C21H25N5OS/c27-19-10-3-2-9-18(19)20-23-24-21(28-16-17-8-4-5-11-22-17)26(20)15-14-25-12-6-1-7-13-25/h2-5,8-11,27H,1,6-7,12-16H2. The molecule has 0 unspecified atom stereocenters. The first-order valence-corrected chi connectivity index (χ1v) is 10.8. The summed E-state index contributed by atoms with van der Waals surface area (Å²) in [6.07, 6.45) is 5.69. The number of aromatic nitrogens is 4. The number of pyridine rings is 1. The smallest absolute Gasteiger partial charge is 0.191 e. The van der Waals surface area contributed by atoms with Crippen molar-refractivity contribution in [2.75, 3.05) is 19.6 Å². The Bertz CT molecular complexity index is 893. The summed E-state index contributed by atoms with van der Waals surface area (Å²) in [7, 11) is 0. The topological polar surface area (TPSA) is 67.1 Å². The highest BCUT2D eigenvalue weighted by Crippen LogP contribution is 2.31. The van der Waals surface area contributed by atoms with Gasteiger partial charge in [-0.3, -0.25) is 4.98 Å². The molecule has 1 aliphatic heterocycles. The third-order valence-corrected chi connectivity index (χ3v) is 6.03. The molecule has 3 aromatic rings. The Morgan fingerprint density at radius 1 is 0.929 bits per heavy atom. The molecule has 7 heteroatoms. The summed E-state index contributed by atoms with van der Waals surface area (Å²) in [6, 6.07) is 13.3. The largest absolute Gasteiger partial charge is 0.507 e. The van der Waals surface area contributed by atoms with Gasteiger partial charge in [-0.15, -0.1) is 10.2 Å². The summed E-state index contributed by atoms with van der Waals surface area (Å²) in [5, 5.41) is 20.0. The van der Waals surface area contributed by atoms with Crippen molar-refractivity contribution in [1.29, 1.82) is 0 Å². The van der Waals surface area contributed by atoms with Crippen molar-refractivity contribution in [3.63, 3.8) is 0 Å². The van der Waals surface area contributed by atoms with Crippen LogP contribution in [0.25, 0.3) is 11.4 Å². The van der Waals surface area contributed by atoms with Crippen molar-refractivity contribution in [3.8, 4) is 17.1 Å². The second-order valence-electron chi connectivity index (χ2n) is 6.99. The van der Waals surface area contributed by atoms with E-state index in [0.29, 0.717) is 0 Å². The Hall–Kier alpha value is -2.38. The van der Waals surface area contributed by atoms with Gasteiger partial charge >= 0.3 is 0 Å². The molecule has 1 aliphatic rings. The van der Waals surface area contributed by atoms with Gasteiger partial charge in [-0.25, -0.2) is 0 Å². The molecule has 1 saturated heterocycles. The number of phenolic OH excluding ortho intramolecular Hbond substituents is 1. The van der Waals surface area contributed by atoms with E-state index in [1.54, 1.807) is 17.8 Å². The van der Waals surface area contributed by atoms with Gasteiger partial charge in [0.1, 0.15) is 5.75 Å². The number of likely N-dealkylation sites (tertiary alicyclic amines) is 1. The van der Waals surface area contributed by atoms with Crippen molar-refractivity contribution in [2.45, 2.75) is 36.7 Å². The number of thioether (sulfide) groups is 1. The van der Waals surface area contributed by atoms with Crippen LogP contribution < -0.4 is 0 Å². The maximum Gasteiger partial charge on any atom is 0.191 e. The zero-order valence-corrected chi connectivity index (χ0v) is 16.7. The first kappa shape index (κ1) is 19.0. The highest BCUT2D eigenvalue weighted by atomic mass is 32.2. The molecule has 0 amide bonds. The van der Waals surface area contributed by atoms with Gasteiger partial charge in [0.05, 0.1) is 11.3 Å². The second-order valence-corrected chi connectivity index (χ2v) is 7.93. The predicted molar refractivity (Wildman–Crippen MR) is 111 cm³/mol. The van der Waals surface area contributed by atoms with Crippen LogP contribution >= 0.6 is 11.8 Å². The van der Waals surface area contributed by atoms with E-state index in [2.05, 4.69) is 24.6 Å². The Morgan fingerprint density at radius 3 is 2.54 bits per heavy atom. The highest BCUT2D eigenvalue weighted by Gasteiger charge is 2.18. The molecule has 0 radical (unpaired) electrons. The van der Waals surface area contributed by atoms with E-state index in [9.17, 15) is 5.11 Å². The monoisotopic (exact) mass is 395 g/mol. The van der Waals surface area contributed by atoms with Gasteiger partial charge in [0.15, 0.2) is 11.0 Å². The van der Waals surface area contributed by atoms with Gasteiger partial charge in [-0.1, -0.05) is 36.4 Å². The molecule has 1 fully saturated rings. The average Bonchev–Trinajstić information content (AvgIpc) is 3.15. The van der Waals surface area contributed by atoms with Gasteiger partial charge in [0.2, 0.25) is 0 Å². The van der Waals surface area contributed by atoms with Crippen molar-refractivity contribution in [3.05, 3.63) is 54.4 Å². The fraction of sp³-hybridized carbons (Fsp3) is 0.381. The Labute approximate surface area is 169 Å². The van der Waals surface area contributed by atoms with Gasteiger partial charge in [-0.2, -0.15) is 0 Å². The molecule has 0 saturated carbocycles. The predicted octanol–water partition coefficient (Wildman–Crippen LogP) is 3.82.